The fourth-order valence-corrected chi connectivity index (χ4v) is 2.16. The Balaban J connectivity index is 2.01. The van der Waals surface area contributed by atoms with E-state index in [1.54, 1.807) is 24.3 Å². The zero-order chi connectivity index (χ0) is 16.1. The number of carbonyl (C=O) groups excluding carboxylic acids is 1. The molecule has 1 aromatic heterocycles. The Hall–Kier alpha value is -2.58. The van der Waals surface area contributed by atoms with E-state index in [9.17, 15) is 4.79 Å². The van der Waals surface area contributed by atoms with E-state index >= 15 is 0 Å². The Bertz CT molecular complexity index is 700. The second kappa shape index (κ2) is 6.92. The zero-order valence-corrected chi connectivity index (χ0v) is 13.0. The number of carbonyl (C=O) groups is 1. The van der Waals surface area contributed by atoms with Gasteiger partial charge < -0.3 is 14.6 Å². The van der Waals surface area contributed by atoms with E-state index in [4.69, 9.17) is 9.68 Å². The van der Waals surface area contributed by atoms with Crippen LogP contribution in [0.15, 0.2) is 40.8 Å². The molecular formula is C17H20N3O2+. The minimum atomic E-state index is -0.267. The molecule has 0 aliphatic heterocycles. The van der Waals surface area contributed by atoms with Gasteiger partial charge in [-0.25, -0.2) is 0 Å². The Morgan fingerprint density at radius 1 is 1.36 bits per heavy atom. The highest BCUT2D eigenvalue weighted by Crippen LogP contribution is 2.13. The highest BCUT2D eigenvalue weighted by atomic mass is 16.3. The molecule has 1 unspecified atom stereocenters. The maximum Gasteiger partial charge on any atom is 0.282 e. The third kappa shape index (κ3) is 3.74. The fraction of sp³-hybridized carbons (Fsp3) is 0.294. The second-order valence-corrected chi connectivity index (χ2v) is 5.40. The van der Waals surface area contributed by atoms with Crippen LogP contribution in [0.25, 0.3) is 0 Å². The summed E-state index contributed by atoms with van der Waals surface area (Å²) < 4.78 is 5.54. The molecule has 5 nitrogen and oxygen atoms in total. The van der Waals surface area contributed by atoms with E-state index in [-0.39, 0.29) is 11.9 Å². The summed E-state index contributed by atoms with van der Waals surface area (Å²) in [6, 6.07) is 12.6. The molecule has 0 spiro atoms. The first kappa shape index (κ1) is 15.8. The number of furan rings is 1. The first-order chi connectivity index (χ1) is 10.5. The molecule has 2 aromatic rings. The van der Waals surface area contributed by atoms with Crippen LogP contribution in [0.2, 0.25) is 0 Å². The molecule has 114 valence electrons. The lowest BCUT2D eigenvalue weighted by Crippen LogP contribution is -3.12. The molecule has 0 aliphatic rings. The summed E-state index contributed by atoms with van der Waals surface area (Å²) in [5.74, 6) is 1.60. The van der Waals surface area contributed by atoms with Gasteiger partial charge in [-0.15, -0.1) is 0 Å². The Labute approximate surface area is 130 Å². The molecule has 0 saturated heterocycles. The van der Waals surface area contributed by atoms with Crippen LogP contribution in [0.1, 0.15) is 24.0 Å². The second-order valence-electron chi connectivity index (χ2n) is 5.40. The van der Waals surface area contributed by atoms with Gasteiger partial charge in [-0.3, -0.25) is 4.79 Å². The van der Waals surface area contributed by atoms with Crippen LogP contribution in [-0.4, -0.2) is 19.0 Å². The van der Waals surface area contributed by atoms with Crippen molar-refractivity contribution in [2.45, 2.75) is 26.4 Å². The van der Waals surface area contributed by atoms with Crippen molar-refractivity contribution >= 4 is 11.6 Å². The predicted molar refractivity (Wildman–Crippen MR) is 83.3 cm³/mol. The molecule has 0 saturated carbocycles. The molecular weight excluding hydrogens is 278 g/mol. The maximum absolute atomic E-state index is 12.3. The van der Waals surface area contributed by atoms with Crippen molar-refractivity contribution in [2.24, 2.45) is 0 Å². The van der Waals surface area contributed by atoms with Crippen molar-refractivity contribution in [3.63, 3.8) is 0 Å². The molecule has 1 aromatic carbocycles. The summed E-state index contributed by atoms with van der Waals surface area (Å²) in [5.41, 5.74) is 1.01. The van der Waals surface area contributed by atoms with E-state index in [1.807, 2.05) is 33.0 Å². The zero-order valence-electron chi connectivity index (χ0n) is 13.0. The standard InChI is InChI=1S/C17H19N3O2/c1-12-8-9-15(22-12)11-20(3)13(2)17(21)19-16-7-5-4-6-14(16)10-18/h4-9,13H,11H2,1-3H3,(H,19,21)/p+1/t13-/m1/s1. The summed E-state index contributed by atoms with van der Waals surface area (Å²) >= 11 is 0. The van der Waals surface area contributed by atoms with Gasteiger partial charge in [0.05, 0.1) is 18.3 Å². The number of hydrogen-bond acceptors (Lipinski definition) is 3. The molecule has 2 N–H and O–H groups in total. The number of quaternary nitrogens is 1. The van der Waals surface area contributed by atoms with Crippen LogP contribution in [0.5, 0.6) is 0 Å². The average Bonchev–Trinajstić information content (AvgIpc) is 2.92. The number of benzene rings is 1. The number of hydrogen-bond donors (Lipinski definition) is 2. The number of para-hydroxylation sites is 1. The Morgan fingerprint density at radius 3 is 2.73 bits per heavy atom. The molecule has 1 amide bonds. The van der Waals surface area contributed by atoms with Crippen LogP contribution in [-0.2, 0) is 11.3 Å². The molecule has 2 atom stereocenters. The summed E-state index contributed by atoms with van der Waals surface area (Å²) in [6.45, 7) is 4.38. The Kier molecular flexibility index (Phi) is 4.97. The van der Waals surface area contributed by atoms with E-state index in [0.717, 1.165) is 16.4 Å². The molecule has 2 rings (SSSR count). The van der Waals surface area contributed by atoms with E-state index in [0.29, 0.717) is 17.8 Å². The molecule has 0 aliphatic carbocycles. The molecule has 22 heavy (non-hydrogen) atoms. The number of nitriles is 1. The van der Waals surface area contributed by atoms with Crippen LogP contribution in [0, 0.1) is 18.3 Å². The monoisotopic (exact) mass is 298 g/mol. The van der Waals surface area contributed by atoms with E-state index in [2.05, 4.69) is 11.4 Å². The third-order valence-corrected chi connectivity index (χ3v) is 3.69. The summed E-state index contributed by atoms with van der Waals surface area (Å²) in [4.78, 5) is 13.4. The van der Waals surface area contributed by atoms with Crippen molar-refractivity contribution in [3.8, 4) is 6.07 Å². The van der Waals surface area contributed by atoms with Gasteiger partial charge >= 0.3 is 0 Å². The van der Waals surface area contributed by atoms with Gasteiger partial charge in [-0.1, -0.05) is 12.1 Å². The smallest absolute Gasteiger partial charge is 0.282 e. The maximum atomic E-state index is 12.3. The lowest BCUT2D eigenvalue weighted by molar-refractivity contribution is -0.908. The van der Waals surface area contributed by atoms with Gasteiger partial charge in [0.25, 0.3) is 5.91 Å². The van der Waals surface area contributed by atoms with Crippen LogP contribution >= 0.6 is 0 Å². The number of amides is 1. The van der Waals surface area contributed by atoms with E-state index < -0.39 is 0 Å². The Morgan fingerprint density at radius 2 is 2.09 bits per heavy atom. The highest BCUT2D eigenvalue weighted by molar-refractivity contribution is 5.94. The number of anilines is 1. The number of aryl methyl sites for hydroxylation is 1. The van der Waals surface area contributed by atoms with Gasteiger partial charge in [-0.05, 0) is 38.1 Å². The van der Waals surface area contributed by atoms with Crippen molar-refractivity contribution < 1.29 is 14.1 Å². The fourth-order valence-electron chi connectivity index (χ4n) is 2.16. The average molecular weight is 298 g/mol. The van der Waals surface area contributed by atoms with Crippen molar-refractivity contribution in [2.75, 3.05) is 12.4 Å². The topological polar surface area (TPSA) is 70.5 Å². The summed E-state index contributed by atoms with van der Waals surface area (Å²) in [7, 11) is 1.94. The van der Waals surface area contributed by atoms with Crippen molar-refractivity contribution in [1.29, 1.82) is 5.26 Å². The molecule has 1 heterocycles. The summed E-state index contributed by atoms with van der Waals surface area (Å²) in [6.07, 6.45) is 0. The molecule has 0 bridgehead atoms. The summed E-state index contributed by atoms with van der Waals surface area (Å²) in [5, 5.41) is 11.9. The van der Waals surface area contributed by atoms with Crippen LogP contribution in [0.4, 0.5) is 5.69 Å². The van der Waals surface area contributed by atoms with E-state index in [1.165, 1.54) is 0 Å². The first-order valence-electron chi connectivity index (χ1n) is 7.19. The molecule has 5 heteroatoms. The number of nitrogens with one attached hydrogen (secondary N) is 2. The molecule has 0 radical (unpaired) electrons. The molecule has 0 fully saturated rings. The number of rotatable bonds is 5. The third-order valence-electron chi connectivity index (χ3n) is 3.69. The lowest BCUT2D eigenvalue weighted by Gasteiger charge is -2.20. The highest BCUT2D eigenvalue weighted by Gasteiger charge is 2.23. The normalized spacial score (nSPS) is 13.2. The predicted octanol–water partition coefficient (Wildman–Crippen LogP) is 1.50. The van der Waals surface area contributed by atoms with Crippen molar-refractivity contribution in [1.82, 2.24) is 0 Å². The van der Waals surface area contributed by atoms with Crippen LogP contribution < -0.4 is 10.2 Å². The van der Waals surface area contributed by atoms with Gasteiger partial charge in [0.2, 0.25) is 0 Å². The van der Waals surface area contributed by atoms with Gasteiger partial charge in [0.15, 0.2) is 11.8 Å². The minimum Gasteiger partial charge on any atom is -0.460 e. The largest absolute Gasteiger partial charge is 0.460 e. The number of nitrogens with zero attached hydrogens (tertiary/aromatic N) is 1. The minimum absolute atomic E-state index is 0.122. The van der Waals surface area contributed by atoms with Crippen LogP contribution in [0.3, 0.4) is 0 Å². The van der Waals surface area contributed by atoms with Gasteiger partial charge in [-0.2, -0.15) is 5.26 Å². The first-order valence-corrected chi connectivity index (χ1v) is 7.19. The van der Waals surface area contributed by atoms with Crippen molar-refractivity contribution in [3.05, 3.63) is 53.5 Å². The SMILES string of the molecule is Cc1ccc(C[NH+](C)[C@H](C)C(=O)Nc2ccccc2C#N)o1. The number of likely N-dealkylation sites (N-methyl/N-ethyl adjacent to an activating group) is 1. The lowest BCUT2D eigenvalue weighted by atomic mass is 10.2. The van der Waals surface area contributed by atoms with Gasteiger partial charge in [0.1, 0.15) is 18.4 Å². The van der Waals surface area contributed by atoms with Gasteiger partial charge in [0, 0.05) is 0 Å². The quantitative estimate of drug-likeness (QED) is 0.879.